The van der Waals surface area contributed by atoms with Crippen LogP contribution < -0.4 is 0 Å². The van der Waals surface area contributed by atoms with Gasteiger partial charge < -0.3 is 9.67 Å². The van der Waals surface area contributed by atoms with Gasteiger partial charge in [-0.25, -0.2) is 4.98 Å². The third-order valence-corrected chi connectivity index (χ3v) is 3.58. The topological polar surface area (TPSA) is 50.9 Å². The van der Waals surface area contributed by atoms with E-state index in [2.05, 4.69) is 9.97 Å². The van der Waals surface area contributed by atoms with E-state index in [-0.39, 0.29) is 0 Å². The Bertz CT molecular complexity index is 715. The molecule has 0 saturated heterocycles. The van der Waals surface area contributed by atoms with Gasteiger partial charge in [0.2, 0.25) is 0 Å². The standard InChI is InChI=1S/C16H17N3O/c1-19-11-10-17-15(19)7-6-14(20)16-13-5-3-2-4-12(13)8-9-18-16/h2-5,8-11,14,20H,6-7H2,1H3. The van der Waals surface area contributed by atoms with Crippen molar-refractivity contribution in [2.24, 2.45) is 7.05 Å². The predicted molar refractivity (Wildman–Crippen MR) is 78.2 cm³/mol. The van der Waals surface area contributed by atoms with Crippen LogP contribution >= 0.6 is 0 Å². The van der Waals surface area contributed by atoms with Crippen molar-refractivity contribution >= 4 is 10.8 Å². The summed E-state index contributed by atoms with van der Waals surface area (Å²) in [5, 5.41) is 12.5. The molecular formula is C16H17N3O. The number of aromatic nitrogens is 3. The molecule has 0 aliphatic carbocycles. The molecule has 0 aliphatic heterocycles. The Morgan fingerprint density at radius 3 is 2.80 bits per heavy atom. The molecule has 4 heteroatoms. The van der Waals surface area contributed by atoms with Crippen LogP contribution in [0.25, 0.3) is 10.8 Å². The fourth-order valence-corrected chi connectivity index (χ4v) is 2.45. The molecule has 102 valence electrons. The van der Waals surface area contributed by atoms with Crippen LogP contribution in [0, 0.1) is 0 Å². The van der Waals surface area contributed by atoms with Crippen molar-refractivity contribution in [1.29, 1.82) is 0 Å². The first-order chi connectivity index (χ1) is 9.75. The van der Waals surface area contributed by atoms with Crippen molar-refractivity contribution in [3.05, 3.63) is 60.4 Å². The normalized spacial score (nSPS) is 12.7. The number of hydrogen-bond acceptors (Lipinski definition) is 3. The van der Waals surface area contributed by atoms with E-state index in [0.29, 0.717) is 6.42 Å². The zero-order valence-electron chi connectivity index (χ0n) is 11.4. The summed E-state index contributed by atoms with van der Waals surface area (Å²) in [6.07, 6.45) is 6.22. The van der Waals surface area contributed by atoms with Gasteiger partial charge in [-0.3, -0.25) is 4.98 Å². The van der Waals surface area contributed by atoms with E-state index >= 15 is 0 Å². The molecule has 1 atom stereocenters. The third kappa shape index (κ3) is 2.42. The summed E-state index contributed by atoms with van der Waals surface area (Å²) in [5.41, 5.74) is 0.748. The highest BCUT2D eigenvalue weighted by molar-refractivity contribution is 5.84. The summed E-state index contributed by atoms with van der Waals surface area (Å²) in [6, 6.07) is 9.96. The predicted octanol–water partition coefficient (Wildman–Crippen LogP) is 2.63. The summed E-state index contributed by atoms with van der Waals surface area (Å²) in [6.45, 7) is 0. The summed E-state index contributed by atoms with van der Waals surface area (Å²) in [5.74, 6) is 0.976. The van der Waals surface area contributed by atoms with E-state index in [9.17, 15) is 5.11 Å². The summed E-state index contributed by atoms with van der Waals surface area (Å²) >= 11 is 0. The molecule has 0 radical (unpaired) electrons. The van der Waals surface area contributed by atoms with Gasteiger partial charge in [0.05, 0.1) is 11.8 Å². The maximum absolute atomic E-state index is 10.4. The van der Waals surface area contributed by atoms with Crippen LogP contribution in [0.15, 0.2) is 48.9 Å². The molecule has 0 saturated carbocycles. The first kappa shape index (κ1) is 12.8. The van der Waals surface area contributed by atoms with Gasteiger partial charge in [0.1, 0.15) is 5.82 Å². The molecule has 2 aromatic heterocycles. The van der Waals surface area contributed by atoms with Crippen LogP contribution in [-0.4, -0.2) is 19.6 Å². The Morgan fingerprint density at radius 1 is 1.15 bits per heavy atom. The van der Waals surface area contributed by atoms with Gasteiger partial charge in [0.25, 0.3) is 0 Å². The van der Waals surface area contributed by atoms with E-state index in [1.807, 2.05) is 48.1 Å². The van der Waals surface area contributed by atoms with Gasteiger partial charge >= 0.3 is 0 Å². The van der Waals surface area contributed by atoms with Crippen LogP contribution in [-0.2, 0) is 13.5 Å². The molecule has 0 fully saturated rings. The quantitative estimate of drug-likeness (QED) is 0.790. The molecule has 0 amide bonds. The number of aliphatic hydroxyl groups is 1. The fourth-order valence-electron chi connectivity index (χ4n) is 2.45. The number of fused-ring (bicyclic) bond motifs is 1. The summed E-state index contributed by atoms with van der Waals surface area (Å²) < 4.78 is 1.98. The molecule has 1 aromatic carbocycles. The summed E-state index contributed by atoms with van der Waals surface area (Å²) in [4.78, 5) is 8.63. The Balaban J connectivity index is 1.82. The maximum Gasteiger partial charge on any atom is 0.108 e. The molecule has 2 heterocycles. The van der Waals surface area contributed by atoms with Crippen LogP contribution in [0.1, 0.15) is 24.0 Å². The van der Waals surface area contributed by atoms with Gasteiger partial charge in [-0.15, -0.1) is 0 Å². The van der Waals surface area contributed by atoms with Gasteiger partial charge in [-0.1, -0.05) is 24.3 Å². The number of benzene rings is 1. The zero-order valence-corrected chi connectivity index (χ0v) is 11.4. The van der Waals surface area contributed by atoms with Crippen molar-refractivity contribution < 1.29 is 5.11 Å². The van der Waals surface area contributed by atoms with Crippen LogP contribution in [0.4, 0.5) is 0 Å². The Labute approximate surface area is 117 Å². The van der Waals surface area contributed by atoms with E-state index < -0.39 is 6.10 Å². The monoisotopic (exact) mass is 267 g/mol. The molecule has 0 aliphatic rings. The fraction of sp³-hybridized carbons (Fsp3) is 0.250. The second kappa shape index (κ2) is 5.43. The number of pyridine rings is 1. The van der Waals surface area contributed by atoms with Crippen molar-refractivity contribution in [3.8, 4) is 0 Å². The van der Waals surface area contributed by atoms with E-state index in [1.165, 1.54) is 0 Å². The van der Waals surface area contributed by atoms with E-state index in [0.717, 1.165) is 28.7 Å². The Morgan fingerprint density at radius 2 is 2.00 bits per heavy atom. The summed E-state index contributed by atoms with van der Waals surface area (Å²) in [7, 11) is 1.96. The third-order valence-electron chi connectivity index (χ3n) is 3.58. The molecular weight excluding hydrogens is 250 g/mol. The number of hydrogen-bond donors (Lipinski definition) is 1. The lowest BCUT2D eigenvalue weighted by Gasteiger charge is -2.12. The van der Waals surface area contributed by atoms with Crippen molar-refractivity contribution in [1.82, 2.24) is 14.5 Å². The molecule has 0 spiro atoms. The molecule has 1 unspecified atom stereocenters. The van der Waals surface area contributed by atoms with Crippen molar-refractivity contribution in [2.75, 3.05) is 0 Å². The van der Waals surface area contributed by atoms with Gasteiger partial charge in [0.15, 0.2) is 0 Å². The van der Waals surface area contributed by atoms with Crippen LogP contribution in [0.3, 0.4) is 0 Å². The number of aliphatic hydroxyl groups excluding tert-OH is 1. The van der Waals surface area contributed by atoms with Crippen molar-refractivity contribution in [3.63, 3.8) is 0 Å². The second-order valence-corrected chi connectivity index (χ2v) is 4.93. The molecule has 1 N–H and O–H groups in total. The van der Waals surface area contributed by atoms with Crippen LogP contribution in [0.2, 0.25) is 0 Å². The molecule has 20 heavy (non-hydrogen) atoms. The average Bonchev–Trinajstić information content (AvgIpc) is 2.89. The van der Waals surface area contributed by atoms with E-state index in [4.69, 9.17) is 0 Å². The smallest absolute Gasteiger partial charge is 0.108 e. The number of aryl methyl sites for hydroxylation is 2. The lowest BCUT2D eigenvalue weighted by Crippen LogP contribution is -2.05. The minimum absolute atomic E-state index is 0.571. The highest BCUT2D eigenvalue weighted by atomic mass is 16.3. The molecule has 3 aromatic rings. The van der Waals surface area contributed by atoms with Crippen molar-refractivity contribution in [2.45, 2.75) is 18.9 Å². The largest absolute Gasteiger partial charge is 0.387 e. The average molecular weight is 267 g/mol. The van der Waals surface area contributed by atoms with Gasteiger partial charge in [-0.05, 0) is 17.9 Å². The van der Waals surface area contributed by atoms with Gasteiger partial charge in [-0.2, -0.15) is 0 Å². The lowest BCUT2D eigenvalue weighted by atomic mass is 10.0. The number of nitrogens with zero attached hydrogens (tertiary/aromatic N) is 3. The Hall–Kier alpha value is -2.20. The lowest BCUT2D eigenvalue weighted by molar-refractivity contribution is 0.164. The van der Waals surface area contributed by atoms with Crippen LogP contribution in [0.5, 0.6) is 0 Å². The highest BCUT2D eigenvalue weighted by Gasteiger charge is 2.13. The first-order valence-electron chi connectivity index (χ1n) is 6.73. The zero-order chi connectivity index (χ0) is 13.9. The SMILES string of the molecule is Cn1ccnc1CCC(O)c1nccc2ccccc12. The second-order valence-electron chi connectivity index (χ2n) is 4.93. The maximum atomic E-state index is 10.4. The molecule has 3 rings (SSSR count). The minimum atomic E-state index is -0.571. The number of rotatable bonds is 4. The minimum Gasteiger partial charge on any atom is -0.387 e. The first-order valence-corrected chi connectivity index (χ1v) is 6.73. The number of imidazole rings is 1. The molecule has 0 bridgehead atoms. The van der Waals surface area contributed by atoms with Gasteiger partial charge in [0, 0.05) is 37.4 Å². The molecule has 4 nitrogen and oxygen atoms in total. The highest BCUT2D eigenvalue weighted by Crippen LogP contribution is 2.24. The van der Waals surface area contributed by atoms with E-state index in [1.54, 1.807) is 12.4 Å². The Kier molecular flexibility index (Phi) is 3.48.